The SMILES string of the molecule is Cc1ocnc1CSc1nccnc1N. The molecule has 0 radical (unpaired) electrons. The Morgan fingerprint density at radius 3 is 2.80 bits per heavy atom. The zero-order valence-electron chi connectivity index (χ0n) is 8.17. The second-order valence-corrected chi connectivity index (χ2v) is 3.85. The zero-order valence-corrected chi connectivity index (χ0v) is 8.99. The normalized spacial score (nSPS) is 10.5. The Kier molecular flexibility index (Phi) is 2.86. The Balaban J connectivity index is 2.06. The van der Waals surface area contributed by atoms with E-state index in [1.165, 1.54) is 18.2 Å². The van der Waals surface area contributed by atoms with Gasteiger partial charge in [0.25, 0.3) is 0 Å². The number of thioether (sulfide) groups is 1. The smallest absolute Gasteiger partial charge is 0.181 e. The molecule has 0 aliphatic heterocycles. The minimum absolute atomic E-state index is 0.448. The van der Waals surface area contributed by atoms with Crippen molar-refractivity contribution >= 4 is 17.6 Å². The van der Waals surface area contributed by atoms with Gasteiger partial charge in [0.1, 0.15) is 10.8 Å². The van der Waals surface area contributed by atoms with Crippen molar-refractivity contribution in [2.75, 3.05) is 5.73 Å². The van der Waals surface area contributed by atoms with E-state index < -0.39 is 0 Å². The van der Waals surface area contributed by atoms with E-state index in [-0.39, 0.29) is 0 Å². The summed E-state index contributed by atoms with van der Waals surface area (Å²) in [5, 5.41) is 0.722. The largest absolute Gasteiger partial charge is 0.448 e. The second kappa shape index (κ2) is 4.31. The number of aromatic nitrogens is 3. The van der Waals surface area contributed by atoms with Gasteiger partial charge >= 0.3 is 0 Å². The van der Waals surface area contributed by atoms with E-state index >= 15 is 0 Å². The molecule has 0 fully saturated rings. The van der Waals surface area contributed by atoms with Gasteiger partial charge in [-0.05, 0) is 6.92 Å². The number of aryl methyl sites for hydroxylation is 1. The van der Waals surface area contributed by atoms with Crippen molar-refractivity contribution < 1.29 is 4.42 Å². The van der Waals surface area contributed by atoms with Crippen LogP contribution >= 0.6 is 11.8 Å². The molecule has 0 saturated heterocycles. The van der Waals surface area contributed by atoms with Gasteiger partial charge in [0.15, 0.2) is 12.2 Å². The molecular formula is C9H10N4OS. The Hall–Kier alpha value is -1.56. The second-order valence-electron chi connectivity index (χ2n) is 2.89. The number of nitrogens with two attached hydrogens (primary N) is 1. The third-order valence-corrected chi connectivity index (χ3v) is 2.89. The van der Waals surface area contributed by atoms with Gasteiger partial charge in [0, 0.05) is 18.1 Å². The van der Waals surface area contributed by atoms with E-state index in [9.17, 15) is 0 Å². The standard InChI is InChI=1S/C9H10N4OS/c1-6-7(13-5-14-6)4-15-9-8(10)11-2-3-12-9/h2-3,5H,4H2,1H3,(H2,10,11). The van der Waals surface area contributed by atoms with E-state index in [0.29, 0.717) is 11.6 Å². The fraction of sp³-hybridized carbons (Fsp3) is 0.222. The summed E-state index contributed by atoms with van der Waals surface area (Å²) < 4.78 is 5.09. The number of nitrogen functional groups attached to an aromatic ring is 1. The molecule has 0 bridgehead atoms. The Bertz CT molecular complexity index is 457. The molecule has 2 N–H and O–H groups in total. The highest BCUT2D eigenvalue weighted by molar-refractivity contribution is 7.98. The molecule has 0 unspecified atom stereocenters. The van der Waals surface area contributed by atoms with Crippen LogP contribution in [-0.4, -0.2) is 15.0 Å². The summed E-state index contributed by atoms with van der Waals surface area (Å²) in [6.07, 6.45) is 4.63. The molecule has 5 nitrogen and oxygen atoms in total. The van der Waals surface area contributed by atoms with Crippen LogP contribution in [0.4, 0.5) is 5.82 Å². The van der Waals surface area contributed by atoms with Gasteiger partial charge < -0.3 is 10.2 Å². The molecule has 2 rings (SSSR count). The molecular weight excluding hydrogens is 212 g/mol. The lowest BCUT2D eigenvalue weighted by atomic mass is 10.4. The van der Waals surface area contributed by atoms with Gasteiger partial charge in [-0.1, -0.05) is 11.8 Å². The number of oxazole rings is 1. The summed E-state index contributed by atoms with van der Waals surface area (Å²) in [6.45, 7) is 1.88. The van der Waals surface area contributed by atoms with Crippen LogP contribution in [0.25, 0.3) is 0 Å². The van der Waals surface area contributed by atoms with Crippen molar-refractivity contribution in [2.45, 2.75) is 17.7 Å². The average Bonchev–Trinajstić information content (AvgIpc) is 2.63. The summed E-state index contributed by atoms with van der Waals surface area (Å²) in [5.74, 6) is 1.96. The summed E-state index contributed by atoms with van der Waals surface area (Å²) in [6, 6.07) is 0. The molecule has 78 valence electrons. The molecule has 0 saturated carbocycles. The quantitative estimate of drug-likeness (QED) is 0.795. The lowest BCUT2D eigenvalue weighted by Gasteiger charge is -2.00. The molecule has 0 aliphatic carbocycles. The Morgan fingerprint density at radius 1 is 1.33 bits per heavy atom. The number of nitrogens with zero attached hydrogens (tertiary/aromatic N) is 3. The first kappa shape index (κ1) is 9.97. The van der Waals surface area contributed by atoms with E-state index in [2.05, 4.69) is 15.0 Å². The lowest BCUT2D eigenvalue weighted by molar-refractivity contribution is 0.525. The summed E-state index contributed by atoms with van der Waals surface area (Å²) in [7, 11) is 0. The molecule has 15 heavy (non-hydrogen) atoms. The fourth-order valence-corrected chi connectivity index (χ4v) is 1.94. The highest BCUT2D eigenvalue weighted by atomic mass is 32.2. The van der Waals surface area contributed by atoms with Gasteiger partial charge in [-0.3, -0.25) is 0 Å². The van der Waals surface area contributed by atoms with E-state index in [1.54, 1.807) is 12.4 Å². The van der Waals surface area contributed by atoms with Crippen molar-refractivity contribution in [2.24, 2.45) is 0 Å². The number of rotatable bonds is 3. The monoisotopic (exact) mass is 222 g/mol. The van der Waals surface area contributed by atoms with Gasteiger partial charge in [-0.15, -0.1) is 0 Å². The predicted molar refractivity (Wildman–Crippen MR) is 57.2 cm³/mol. The van der Waals surface area contributed by atoms with Crippen molar-refractivity contribution in [1.82, 2.24) is 15.0 Å². The molecule has 2 aromatic heterocycles. The first-order chi connectivity index (χ1) is 7.27. The highest BCUT2D eigenvalue weighted by Gasteiger charge is 2.06. The minimum atomic E-state index is 0.448. The summed E-state index contributed by atoms with van der Waals surface area (Å²) >= 11 is 1.50. The third-order valence-electron chi connectivity index (χ3n) is 1.88. The van der Waals surface area contributed by atoms with Crippen LogP contribution in [0.5, 0.6) is 0 Å². The maximum absolute atomic E-state index is 5.66. The third kappa shape index (κ3) is 2.27. The topological polar surface area (TPSA) is 77.8 Å². The van der Waals surface area contributed by atoms with E-state index in [1.807, 2.05) is 6.92 Å². The first-order valence-electron chi connectivity index (χ1n) is 4.35. The highest BCUT2D eigenvalue weighted by Crippen LogP contribution is 2.24. The molecule has 0 atom stereocenters. The van der Waals surface area contributed by atoms with Gasteiger partial charge in [-0.25, -0.2) is 15.0 Å². The Morgan fingerprint density at radius 2 is 2.13 bits per heavy atom. The minimum Gasteiger partial charge on any atom is -0.448 e. The lowest BCUT2D eigenvalue weighted by Crippen LogP contribution is -1.95. The fourth-order valence-electron chi connectivity index (χ4n) is 1.05. The molecule has 6 heteroatoms. The number of hydrogen-bond acceptors (Lipinski definition) is 6. The van der Waals surface area contributed by atoms with E-state index in [0.717, 1.165) is 16.5 Å². The number of hydrogen-bond donors (Lipinski definition) is 1. The first-order valence-corrected chi connectivity index (χ1v) is 5.34. The maximum atomic E-state index is 5.66. The van der Waals surface area contributed by atoms with Crippen LogP contribution in [-0.2, 0) is 5.75 Å². The summed E-state index contributed by atoms with van der Waals surface area (Å²) in [5.41, 5.74) is 6.57. The molecule has 2 aromatic rings. The van der Waals surface area contributed by atoms with Crippen LogP contribution < -0.4 is 5.73 Å². The van der Waals surface area contributed by atoms with Gasteiger partial charge in [0.2, 0.25) is 0 Å². The molecule has 0 aromatic carbocycles. The van der Waals surface area contributed by atoms with Crippen LogP contribution in [0, 0.1) is 6.92 Å². The Labute approximate surface area is 91.1 Å². The predicted octanol–water partition coefficient (Wildman–Crippen LogP) is 1.65. The van der Waals surface area contributed by atoms with Gasteiger partial charge in [-0.2, -0.15) is 0 Å². The van der Waals surface area contributed by atoms with Gasteiger partial charge in [0.05, 0.1) is 5.69 Å². The van der Waals surface area contributed by atoms with Crippen molar-refractivity contribution in [3.05, 3.63) is 30.2 Å². The van der Waals surface area contributed by atoms with E-state index in [4.69, 9.17) is 10.2 Å². The molecule has 0 aliphatic rings. The van der Waals surface area contributed by atoms with Crippen molar-refractivity contribution in [3.63, 3.8) is 0 Å². The van der Waals surface area contributed by atoms with Crippen molar-refractivity contribution in [3.8, 4) is 0 Å². The average molecular weight is 222 g/mol. The summed E-state index contributed by atoms with van der Waals surface area (Å²) in [4.78, 5) is 12.2. The van der Waals surface area contributed by atoms with Crippen molar-refractivity contribution in [1.29, 1.82) is 0 Å². The molecule has 0 spiro atoms. The number of anilines is 1. The van der Waals surface area contributed by atoms with Crippen LogP contribution in [0.1, 0.15) is 11.5 Å². The molecule has 0 amide bonds. The zero-order chi connectivity index (χ0) is 10.7. The van der Waals surface area contributed by atoms with Crippen LogP contribution in [0.3, 0.4) is 0 Å². The molecule has 2 heterocycles. The van der Waals surface area contributed by atoms with Crippen LogP contribution in [0.2, 0.25) is 0 Å². The van der Waals surface area contributed by atoms with Crippen LogP contribution in [0.15, 0.2) is 28.2 Å². The maximum Gasteiger partial charge on any atom is 0.181 e.